The summed E-state index contributed by atoms with van der Waals surface area (Å²) in [6, 6.07) is 4.94. The Hall–Kier alpha value is -2.80. The third-order valence-electron chi connectivity index (χ3n) is 4.00. The highest BCUT2D eigenvalue weighted by Gasteiger charge is 2.24. The van der Waals surface area contributed by atoms with Gasteiger partial charge in [0, 0.05) is 23.1 Å². The molecule has 6 nitrogen and oxygen atoms in total. The van der Waals surface area contributed by atoms with Crippen molar-refractivity contribution in [2.45, 2.75) is 38.3 Å². The Morgan fingerprint density at radius 2 is 1.92 bits per heavy atom. The van der Waals surface area contributed by atoms with Gasteiger partial charge in [0.25, 0.3) is 11.8 Å². The van der Waals surface area contributed by atoms with Crippen molar-refractivity contribution in [1.29, 1.82) is 0 Å². The lowest BCUT2D eigenvalue weighted by Crippen LogP contribution is -2.54. The molecule has 0 bridgehead atoms. The molecule has 0 aliphatic heterocycles. The molecule has 1 aromatic rings. The van der Waals surface area contributed by atoms with Crippen LogP contribution in [0.2, 0.25) is 0 Å². The first-order chi connectivity index (χ1) is 12.0. The lowest BCUT2D eigenvalue weighted by Gasteiger charge is -2.20. The van der Waals surface area contributed by atoms with Crippen molar-refractivity contribution in [1.82, 2.24) is 10.8 Å². The van der Waals surface area contributed by atoms with Gasteiger partial charge in [0.05, 0.1) is 0 Å². The highest BCUT2D eigenvalue weighted by atomic mass is 16.5. The molecule has 2 amide bonds. The summed E-state index contributed by atoms with van der Waals surface area (Å²) >= 11 is 0. The lowest BCUT2D eigenvalue weighted by molar-refractivity contribution is -0.131. The van der Waals surface area contributed by atoms with Crippen LogP contribution in [0.25, 0.3) is 0 Å². The van der Waals surface area contributed by atoms with Crippen LogP contribution in [0.4, 0.5) is 0 Å². The molecule has 1 aliphatic carbocycles. The molecule has 1 aliphatic rings. The minimum atomic E-state index is -1.03. The van der Waals surface area contributed by atoms with Crippen LogP contribution in [0.15, 0.2) is 24.3 Å². The largest absolute Gasteiger partial charge is 0.339 e. The Labute approximate surface area is 147 Å². The maximum absolute atomic E-state index is 12.2. The van der Waals surface area contributed by atoms with Crippen molar-refractivity contribution in [3.63, 3.8) is 0 Å². The molecule has 2 rings (SSSR count). The average molecular weight is 339 g/mol. The zero-order valence-corrected chi connectivity index (χ0v) is 14.0. The van der Waals surface area contributed by atoms with Gasteiger partial charge in [-0.3, -0.25) is 14.8 Å². The van der Waals surface area contributed by atoms with Gasteiger partial charge >= 0.3 is 0 Å². The van der Waals surface area contributed by atoms with E-state index in [0.29, 0.717) is 11.5 Å². The topological polar surface area (TPSA) is 104 Å². The van der Waals surface area contributed by atoms with Gasteiger partial charge < -0.3 is 11.1 Å². The van der Waals surface area contributed by atoms with Crippen LogP contribution in [0.5, 0.6) is 0 Å². The van der Waals surface area contributed by atoms with E-state index < -0.39 is 23.9 Å². The number of rotatable bonds is 4. The molecule has 1 fully saturated rings. The van der Waals surface area contributed by atoms with Crippen molar-refractivity contribution < 1.29 is 14.8 Å². The number of hydroxylamine groups is 1. The molecular weight excluding hydrogens is 318 g/mol. The zero-order chi connectivity index (χ0) is 18.2. The highest BCUT2D eigenvalue weighted by Crippen LogP contribution is 2.24. The molecule has 25 heavy (non-hydrogen) atoms. The zero-order valence-electron chi connectivity index (χ0n) is 14.0. The molecule has 0 unspecified atom stereocenters. The van der Waals surface area contributed by atoms with E-state index in [4.69, 9.17) is 10.9 Å². The highest BCUT2D eigenvalue weighted by molar-refractivity contribution is 5.97. The van der Waals surface area contributed by atoms with Gasteiger partial charge in [-0.1, -0.05) is 18.3 Å². The predicted molar refractivity (Wildman–Crippen MR) is 93.3 cm³/mol. The van der Waals surface area contributed by atoms with E-state index >= 15 is 0 Å². The van der Waals surface area contributed by atoms with Crippen LogP contribution in [0, 0.1) is 29.6 Å². The number of amides is 2. The fraction of sp³-hybridized carbons (Fsp3) is 0.368. The van der Waals surface area contributed by atoms with Crippen molar-refractivity contribution >= 4 is 11.8 Å². The molecule has 0 radical (unpaired) electrons. The SMILES string of the molecule is C[C@@H](N)[C@H](NC(=O)c1ccc(C#CC#CC2CCC2)cc1)C(=O)NO. The number of nitrogens with one attached hydrogen (secondary N) is 2. The Kier molecular flexibility index (Phi) is 6.59. The van der Waals surface area contributed by atoms with E-state index in [9.17, 15) is 9.59 Å². The normalized spacial score (nSPS) is 15.3. The van der Waals surface area contributed by atoms with Crippen LogP contribution >= 0.6 is 0 Å². The lowest BCUT2D eigenvalue weighted by atomic mass is 9.86. The van der Waals surface area contributed by atoms with Crippen LogP contribution in [0.1, 0.15) is 42.1 Å². The Morgan fingerprint density at radius 1 is 1.24 bits per heavy atom. The molecular formula is C19H21N3O3. The van der Waals surface area contributed by atoms with E-state index in [1.54, 1.807) is 31.2 Å². The van der Waals surface area contributed by atoms with Gasteiger partial charge in [0.1, 0.15) is 6.04 Å². The molecule has 2 atom stereocenters. The van der Waals surface area contributed by atoms with E-state index in [1.807, 2.05) is 0 Å². The number of benzene rings is 1. The Morgan fingerprint density at radius 3 is 2.44 bits per heavy atom. The number of hydrogen-bond donors (Lipinski definition) is 4. The van der Waals surface area contributed by atoms with Crippen molar-refractivity contribution in [3.8, 4) is 23.7 Å². The first kappa shape index (κ1) is 18.5. The number of hydrogen-bond acceptors (Lipinski definition) is 4. The minimum Gasteiger partial charge on any atom is -0.339 e. The maximum Gasteiger partial charge on any atom is 0.267 e. The van der Waals surface area contributed by atoms with Gasteiger partial charge in [0.2, 0.25) is 0 Å². The van der Waals surface area contributed by atoms with Crippen molar-refractivity contribution in [3.05, 3.63) is 35.4 Å². The van der Waals surface area contributed by atoms with E-state index in [1.165, 1.54) is 11.9 Å². The maximum atomic E-state index is 12.2. The quantitative estimate of drug-likeness (QED) is 0.370. The summed E-state index contributed by atoms with van der Waals surface area (Å²) in [5, 5.41) is 11.2. The molecule has 1 saturated carbocycles. The first-order valence-electron chi connectivity index (χ1n) is 8.13. The van der Waals surface area contributed by atoms with Crippen LogP contribution in [-0.4, -0.2) is 29.1 Å². The summed E-state index contributed by atoms with van der Waals surface area (Å²) in [6.07, 6.45) is 3.57. The molecule has 5 N–H and O–H groups in total. The minimum absolute atomic E-state index is 0.363. The van der Waals surface area contributed by atoms with E-state index in [2.05, 4.69) is 29.0 Å². The summed E-state index contributed by atoms with van der Waals surface area (Å²) in [4.78, 5) is 23.7. The molecule has 6 heteroatoms. The van der Waals surface area contributed by atoms with Crippen LogP contribution in [-0.2, 0) is 4.79 Å². The third-order valence-corrected chi connectivity index (χ3v) is 4.00. The second-order valence-electron chi connectivity index (χ2n) is 6.01. The summed E-state index contributed by atoms with van der Waals surface area (Å²) in [5.41, 5.74) is 8.25. The first-order valence-corrected chi connectivity index (χ1v) is 8.13. The number of carbonyl (C=O) groups excluding carboxylic acids is 2. The summed E-state index contributed by atoms with van der Waals surface area (Å²) in [6.45, 7) is 1.56. The van der Waals surface area contributed by atoms with Gasteiger partial charge in [-0.2, -0.15) is 0 Å². The van der Waals surface area contributed by atoms with Crippen molar-refractivity contribution in [2.75, 3.05) is 0 Å². The van der Waals surface area contributed by atoms with Gasteiger partial charge in [-0.25, -0.2) is 5.48 Å². The molecule has 130 valence electrons. The van der Waals surface area contributed by atoms with Crippen molar-refractivity contribution in [2.24, 2.45) is 11.7 Å². The molecule has 0 spiro atoms. The fourth-order valence-corrected chi connectivity index (χ4v) is 2.23. The summed E-state index contributed by atoms with van der Waals surface area (Å²) in [5.74, 6) is 11.0. The second-order valence-corrected chi connectivity index (χ2v) is 6.01. The molecule has 0 saturated heterocycles. The standard InChI is InChI=1S/C19H21N3O3/c1-13(20)17(19(24)22-25)21-18(23)16-11-9-15(10-12-16)6-3-2-5-14-7-4-8-14/h9-14,17,25H,4,7-8,20H2,1H3,(H,21,23)(H,22,24)/t13-,17+/m1/s1. The van der Waals surface area contributed by atoms with Gasteiger partial charge in [0.15, 0.2) is 0 Å². The summed E-state index contributed by atoms with van der Waals surface area (Å²) < 4.78 is 0. The predicted octanol–water partition coefficient (Wildman–Crippen LogP) is 0.793. The summed E-state index contributed by atoms with van der Waals surface area (Å²) in [7, 11) is 0. The Balaban J connectivity index is 1.98. The van der Waals surface area contributed by atoms with Crippen LogP contribution in [0.3, 0.4) is 0 Å². The monoisotopic (exact) mass is 339 g/mol. The Bertz CT molecular complexity index is 744. The van der Waals surface area contributed by atoms with E-state index in [-0.39, 0.29) is 0 Å². The molecule has 0 aromatic heterocycles. The number of carbonyl (C=O) groups is 2. The number of nitrogens with two attached hydrogens (primary N) is 1. The fourth-order valence-electron chi connectivity index (χ4n) is 2.23. The van der Waals surface area contributed by atoms with Gasteiger partial charge in [-0.15, -0.1) is 0 Å². The van der Waals surface area contributed by atoms with Gasteiger partial charge in [-0.05, 0) is 55.9 Å². The van der Waals surface area contributed by atoms with E-state index in [0.717, 1.165) is 18.4 Å². The van der Waals surface area contributed by atoms with Crippen LogP contribution < -0.4 is 16.5 Å². The molecule has 0 heterocycles. The third kappa shape index (κ3) is 5.36. The molecule has 1 aromatic carbocycles. The second kappa shape index (κ2) is 8.89. The average Bonchev–Trinajstić information content (AvgIpc) is 2.57. The smallest absolute Gasteiger partial charge is 0.267 e.